The minimum absolute atomic E-state index is 0. The van der Waals surface area contributed by atoms with Gasteiger partial charge >= 0.3 is 0 Å². The predicted octanol–water partition coefficient (Wildman–Crippen LogP) is 12.0. The molecular weight excluding hydrogens is 1190 g/mol. The van der Waals surface area contributed by atoms with Crippen molar-refractivity contribution >= 4 is 49.9 Å². The minimum Gasteiger partial charge on any atom is -0.497 e. The van der Waals surface area contributed by atoms with Crippen molar-refractivity contribution in [1.29, 1.82) is 0 Å². The summed E-state index contributed by atoms with van der Waals surface area (Å²) >= 11 is 5.58. The Balaban J connectivity index is 0.000000249. The lowest BCUT2D eigenvalue weighted by Crippen LogP contribution is -2.29. The highest BCUT2D eigenvalue weighted by atomic mass is 35.5. The maximum Gasteiger partial charge on any atom is 0.285 e. The van der Waals surface area contributed by atoms with Gasteiger partial charge in [-0.05, 0) is 108 Å². The van der Waals surface area contributed by atoms with E-state index in [1.165, 1.54) is 19.2 Å². The third-order valence-electron chi connectivity index (χ3n) is 13.0. The van der Waals surface area contributed by atoms with Gasteiger partial charge in [0.25, 0.3) is 23.6 Å². The van der Waals surface area contributed by atoms with Gasteiger partial charge < -0.3 is 47.5 Å². The lowest BCUT2D eigenvalue weighted by Gasteiger charge is -2.15. The number of nitrogens with one attached hydrogen (secondary N) is 1. The second-order valence-electron chi connectivity index (χ2n) is 18.5. The Morgan fingerprint density at radius 3 is 1.24 bits per heavy atom. The van der Waals surface area contributed by atoms with Gasteiger partial charge in [-0.15, -0.1) is 21.7 Å². The van der Waals surface area contributed by atoms with Gasteiger partial charge in [0.15, 0.2) is 0 Å². The molecule has 10 rings (SSSR count). The molecule has 0 saturated heterocycles. The maximum atomic E-state index is 12.2. The summed E-state index contributed by atoms with van der Waals surface area (Å²) in [5.41, 5.74) is 9.85. The van der Waals surface area contributed by atoms with Crippen LogP contribution in [0.5, 0.6) is 51.7 Å². The van der Waals surface area contributed by atoms with Crippen LogP contribution in [0.25, 0.3) is 0 Å². The number of halogens is 1. The third-order valence-corrected chi connectivity index (χ3v) is 13.3. The van der Waals surface area contributed by atoms with Crippen molar-refractivity contribution in [2.45, 2.75) is 39.7 Å². The molecule has 477 valence electrons. The van der Waals surface area contributed by atoms with Crippen molar-refractivity contribution in [2.75, 3.05) is 64.0 Å². The van der Waals surface area contributed by atoms with Gasteiger partial charge in [-0.1, -0.05) is 79.3 Å². The molecule has 4 amide bonds. The molecule has 0 atom stereocenters. The maximum absolute atomic E-state index is 12.2. The summed E-state index contributed by atoms with van der Waals surface area (Å²) in [6.07, 6.45) is 1.61. The fourth-order valence-electron chi connectivity index (χ4n) is 8.12. The van der Waals surface area contributed by atoms with Crippen molar-refractivity contribution in [3.05, 3.63) is 232 Å². The highest BCUT2D eigenvalue weighted by Gasteiger charge is 2.37. The Morgan fingerprint density at radius 1 is 0.440 bits per heavy atom. The number of rotatable bonds is 22. The van der Waals surface area contributed by atoms with Gasteiger partial charge in [-0.2, -0.15) is 5.48 Å². The number of carbonyl (C=O) groups excluding carboxylic acids is 4. The van der Waals surface area contributed by atoms with Gasteiger partial charge in [0.1, 0.15) is 65.0 Å². The van der Waals surface area contributed by atoms with Crippen LogP contribution in [0.15, 0.2) is 181 Å². The Labute approximate surface area is 536 Å². The summed E-state index contributed by atoms with van der Waals surface area (Å²) in [6.45, 7) is 1.43. The summed E-state index contributed by atoms with van der Waals surface area (Å²) in [5, 5.41) is 13.8. The number of hydrogen-bond acceptors (Lipinski definition) is 19. The topological polar surface area (TPSA) is 230 Å². The van der Waals surface area contributed by atoms with Crippen LogP contribution >= 0.6 is 11.6 Å². The van der Waals surface area contributed by atoms with Crippen LogP contribution in [0, 0.1) is 0 Å². The molecule has 0 unspecified atom stereocenters. The molecule has 91 heavy (non-hydrogen) atoms. The average molecular weight is 1260 g/mol. The molecule has 0 fully saturated rings. The van der Waals surface area contributed by atoms with Gasteiger partial charge in [-0.3, -0.25) is 34.1 Å². The second-order valence-corrected chi connectivity index (χ2v) is 18.7. The zero-order valence-electron chi connectivity index (χ0n) is 51.1. The zero-order chi connectivity index (χ0) is 64.1. The van der Waals surface area contributed by atoms with E-state index in [1.54, 1.807) is 124 Å². The summed E-state index contributed by atoms with van der Waals surface area (Å²) in [4.78, 5) is 62.7. The molecule has 2 N–H and O–H groups in total. The van der Waals surface area contributed by atoms with Crippen molar-refractivity contribution in [1.82, 2.24) is 15.6 Å². The number of imide groups is 2. The molecule has 0 aromatic heterocycles. The van der Waals surface area contributed by atoms with Crippen LogP contribution in [-0.2, 0) is 46.8 Å². The van der Waals surface area contributed by atoms with E-state index in [0.717, 1.165) is 67.4 Å². The number of benzene rings is 8. The number of ether oxygens (including phenoxy) is 9. The molecule has 8 aromatic rings. The minimum atomic E-state index is -0.657. The van der Waals surface area contributed by atoms with Gasteiger partial charge in [0.2, 0.25) is 0 Å². The first kappa shape index (κ1) is 73.4. The number of alkyl halides is 1. The van der Waals surface area contributed by atoms with Crippen molar-refractivity contribution in [3.63, 3.8) is 0 Å². The Kier molecular flexibility index (Phi) is 30.9. The first-order valence-corrected chi connectivity index (χ1v) is 27.7. The van der Waals surface area contributed by atoms with Crippen LogP contribution in [0.3, 0.4) is 0 Å². The number of hydroxylamine groups is 5. The zero-order valence-corrected chi connectivity index (χ0v) is 51.9. The fourth-order valence-corrected chi connectivity index (χ4v) is 8.29. The van der Waals surface area contributed by atoms with Crippen molar-refractivity contribution < 1.29 is 81.5 Å². The molecule has 0 saturated carbocycles. The number of methoxy groups -OCH3 is 9. The van der Waals surface area contributed by atoms with E-state index in [4.69, 9.17) is 74.0 Å². The van der Waals surface area contributed by atoms with Crippen LogP contribution in [-0.4, -0.2) is 118 Å². The second kappa shape index (κ2) is 38.3. The fraction of sp³-hybridized carbons (Fsp3) is 0.221. The van der Waals surface area contributed by atoms with Crippen molar-refractivity contribution in [3.8, 4) is 51.7 Å². The third kappa shape index (κ3) is 21.0. The highest BCUT2D eigenvalue weighted by molar-refractivity contribution is 6.21. The highest BCUT2D eigenvalue weighted by Crippen LogP contribution is 2.29. The number of hydrogen-bond donors (Lipinski definition) is 2. The number of nitrogens with zero attached hydrogens (tertiary/aromatic N) is 3. The molecule has 3 radical (unpaired) electrons. The number of amides is 4. The first-order valence-electron chi connectivity index (χ1n) is 27.1. The summed E-state index contributed by atoms with van der Waals surface area (Å²) in [5.74, 6) is 4.98. The molecule has 0 bridgehead atoms. The summed E-state index contributed by atoms with van der Waals surface area (Å²) in [6, 6.07) is 52.4. The van der Waals surface area contributed by atoms with Crippen LogP contribution in [0.2, 0.25) is 0 Å². The van der Waals surface area contributed by atoms with Crippen LogP contribution in [0.1, 0.15) is 82.2 Å². The largest absolute Gasteiger partial charge is 0.497 e. The lowest BCUT2D eigenvalue weighted by molar-refractivity contribution is -0.101. The quantitative estimate of drug-likeness (QED) is 0.0122. The molecule has 2 aliphatic heterocycles. The van der Waals surface area contributed by atoms with E-state index in [1.807, 2.05) is 103 Å². The Bertz CT molecular complexity index is 3520. The Morgan fingerprint density at radius 2 is 0.813 bits per heavy atom. The van der Waals surface area contributed by atoms with Gasteiger partial charge in [0, 0.05) is 55.7 Å². The number of carbonyl (C=O) groups is 4. The molecule has 23 heteroatoms. The summed E-state index contributed by atoms with van der Waals surface area (Å²) < 4.78 is 46.5. The standard InChI is InChI=1S/C17H15NO5.C17H21NO4.C17H19NO4.C8H9ClO.C8H5NO3.CH4.B/c1-21-12-8-7-11(15(9-12)22-2)10-23-18-16(19)13-5-3-4-6-14(13)17(18)20;2*1-19-15-7-4-13(5-8-15)12-22-18-11-14-6-9-16(20-2)10-17(14)21-3;1-10-8-4-2-7(6-9)3-5-8;10-7-5-3-1-2-4-6(5)8(11)9(7)12;;/h3-9H,10H2,1-2H3;4-10,18H,11-12H2,1-3H3;4-11H,12H2,1-3H3;2-5H,6H2,1H3;1-4,12H;1H4;/b;;18-11+;;;;. The van der Waals surface area contributed by atoms with Gasteiger partial charge in [-0.25, -0.2) is 0 Å². The van der Waals surface area contributed by atoms with E-state index in [2.05, 4.69) is 10.6 Å². The lowest BCUT2D eigenvalue weighted by atomic mass is 10.1. The number of fused-ring (bicyclic) bond motifs is 2. The molecular formula is C68H73BClN4O17. The molecule has 2 heterocycles. The van der Waals surface area contributed by atoms with Crippen LogP contribution in [0.4, 0.5) is 0 Å². The molecule has 2 aliphatic rings. The summed E-state index contributed by atoms with van der Waals surface area (Å²) in [7, 11) is 14.5. The monoisotopic (exact) mass is 1260 g/mol. The Hall–Kier alpha value is -10.1. The molecule has 8 aromatic carbocycles. The van der Waals surface area contributed by atoms with Gasteiger partial charge in [0.05, 0.1) is 99.1 Å². The van der Waals surface area contributed by atoms with E-state index in [-0.39, 0.29) is 38.6 Å². The van der Waals surface area contributed by atoms with E-state index < -0.39 is 23.6 Å². The predicted molar refractivity (Wildman–Crippen MR) is 344 cm³/mol. The van der Waals surface area contributed by atoms with E-state index in [0.29, 0.717) is 59.6 Å². The SMILES string of the molecule is C.COc1ccc(CCl)cc1.COc1ccc(CO/N=C/c2ccc(OC)cc2OC)cc1.COc1ccc(CON2C(=O)c3ccccc3C2=O)c(OC)c1.COc1ccc(CONCc2ccc(OC)cc2OC)cc1.O=C1c2ccccc2C(=O)N1O.[B]. The van der Waals surface area contributed by atoms with Crippen molar-refractivity contribution in [2.24, 2.45) is 5.16 Å². The molecule has 0 spiro atoms. The van der Waals surface area contributed by atoms with E-state index in [9.17, 15) is 19.2 Å². The molecule has 21 nitrogen and oxygen atoms in total. The van der Waals surface area contributed by atoms with E-state index >= 15 is 0 Å². The molecule has 0 aliphatic carbocycles. The van der Waals surface area contributed by atoms with Crippen LogP contribution < -0.4 is 48.1 Å². The number of oxime groups is 1. The normalized spacial score (nSPS) is 11.4. The smallest absolute Gasteiger partial charge is 0.285 e. The first-order chi connectivity index (χ1) is 43.3. The average Bonchev–Trinajstić information content (AvgIpc) is 1.70.